The van der Waals surface area contributed by atoms with Gasteiger partial charge in [-0.2, -0.15) is 5.10 Å². The van der Waals surface area contributed by atoms with Crippen molar-refractivity contribution in [3.63, 3.8) is 0 Å². The molecule has 1 N–H and O–H groups in total. The molecule has 0 saturated heterocycles. The van der Waals surface area contributed by atoms with Gasteiger partial charge in [-0.3, -0.25) is 4.79 Å². The van der Waals surface area contributed by atoms with Crippen molar-refractivity contribution in [2.45, 2.75) is 25.5 Å². The summed E-state index contributed by atoms with van der Waals surface area (Å²) < 4.78 is 12.6. The number of hydrogen-bond donors (Lipinski definition) is 1. The molecule has 0 aliphatic rings. The number of amides is 1. The van der Waals surface area contributed by atoms with E-state index in [1.165, 1.54) is 11.8 Å². The number of nitrogens with one attached hydrogen (secondary N) is 1. The molecule has 1 aromatic heterocycles. The second-order valence-corrected chi connectivity index (χ2v) is 7.56. The Hall–Kier alpha value is -3.33. The number of hydrogen-bond acceptors (Lipinski definition) is 7. The molecule has 1 heterocycles. The monoisotopic (exact) mass is 439 g/mol. The fourth-order valence-electron chi connectivity index (χ4n) is 2.96. The van der Waals surface area contributed by atoms with Gasteiger partial charge in [-0.1, -0.05) is 41.6 Å². The van der Waals surface area contributed by atoms with E-state index in [9.17, 15) is 4.79 Å². The minimum Gasteiger partial charge on any atom is -0.493 e. The lowest BCUT2D eigenvalue weighted by molar-refractivity contribution is -0.118. The highest BCUT2D eigenvalue weighted by molar-refractivity contribution is 7.99. The smallest absolute Gasteiger partial charge is 0.250 e. The number of rotatable bonds is 9. The Morgan fingerprint density at radius 3 is 2.68 bits per heavy atom. The van der Waals surface area contributed by atoms with E-state index in [-0.39, 0.29) is 11.7 Å². The lowest BCUT2D eigenvalue weighted by Gasteiger charge is -2.10. The van der Waals surface area contributed by atoms with E-state index in [1.54, 1.807) is 20.4 Å². The third-order valence-corrected chi connectivity index (χ3v) is 5.42. The maximum atomic E-state index is 12.2. The molecule has 0 atom stereocenters. The van der Waals surface area contributed by atoms with Crippen molar-refractivity contribution < 1.29 is 14.3 Å². The maximum Gasteiger partial charge on any atom is 0.250 e. The molecule has 0 saturated carbocycles. The molecule has 0 radical (unpaired) electrons. The van der Waals surface area contributed by atoms with Gasteiger partial charge in [0.05, 0.1) is 26.2 Å². The van der Waals surface area contributed by atoms with Gasteiger partial charge in [0.2, 0.25) is 0 Å². The summed E-state index contributed by atoms with van der Waals surface area (Å²) in [6.45, 7) is 4.67. The Morgan fingerprint density at radius 2 is 1.97 bits per heavy atom. The Morgan fingerprint density at radius 1 is 1.16 bits per heavy atom. The third-order valence-electron chi connectivity index (χ3n) is 4.45. The van der Waals surface area contributed by atoms with Crippen LogP contribution < -0.4 is 14.9 Å². The first-order chi connectivity index (χ1) is 15.0. The van der Waals surface area contributed by atoms with Gasteiger partial charge in [0.15, 0.2) is 22.5 Å². The lowest BCUT2D eigenvalue weighted by Crippen LogP contribution is -2.20. The number of carbonyl (C=O) groups is 1. The number of aromatic nitrogens is 3. The second-order valence-electron chi connectivity index (χ2n) is 6.62. The molecule has 162 valence electrons. The standard InChI is InChI=1S/C22H25N5O3S/c1-5-27-21(17-9-10-18(29-3)19(12-17)30-4)25-26-22(27)31-14-20(28)24-23-13-16-8-6-7-15(2)11-16/h6-13H,5,14H2,1-4H3,(H,24,28)/b23-13-. The van der Waals surface area contributed by atoms with E-state index in [4.69, 9.17) is 9.47 Å². The molecule has 0 aliphatic heterocycles. The van der Waals surface area contributed by atoms with Crippen molar-refractivity contribution in [2.75, 3.05) is 20.0 Å². The Bertz CT molecular complexity index is 1080. The molecule has 31 heavy (non-hydrogen) atoms. The van der Waals surface area contributed by atoms with Crippen LogP contribution in [0.15, 0.2) is 52.7 Å². The number of thioether (sulfide) groups is 1. The van der Waals surface area contributed by atoms with Gasteiger partial charge in [0.25, 0.3) is 5.91 Å². The number of methoxy groups -OCH3 is 2. The molecule has 0 spiro atoms. The van der Waals surface area contributed by atoms with Gasteiger partial charge in [0.1, 0.15) is 0 Å². The van der Waals surface area contributed by atoms with Gasteiger partial charge in [-0.15, -0.1) is 10.2 Å². The number of aryl methyl sites for hydroxylation is 1. The summed E-state index contributed by atoms with van der Waals surface area (Å²) >= 11 is 1.31. The van der Waals surface area contributed by atoms with Crippen LogP contribution in [0.3, 0.4) is 0 Å². The van der Waals surface area contributed by atoms with E-state index in [2.05, 4.69) is 20.7 Å². The molecule has 1 amide bonds. The first-order valence-corrected chi connectivity index (χ1v) is 10.7. The zero-order valence-corrected chi connectivity index (χ0v) is 18.8. The zero-order valence-electron chi connectivity index (χ0n) is 18.0. The fraction of sp³-hybridized carbons (Fsp3) is 0.273. The van der Waals surface area contributed by atoms with Crippen molar-refractivity contribution >= 4 is 23.9 Å². The molecule has 8 nitrogen and oxygen atoms in total. The van der Waals surface area contributed by atoms with Crippen LogP contribution in [-0.4, -0.2) is 46.9 Å². The van der Waals surface area contributed by atoms with Gasteiger partial charge in [-0.05, 0) is 37.6 Å². The molecule has 0 unspecified atom stereocenters. The average Bonchev–Trinajstić information content (AvgIpc) is 3.20. The summed E-state index contributed by atoms with van der Waals surface area (Å²) in [4.78, 5) is 12.2. The van der Waals surface area contributed by atoms with Crippen LogP contribution in [0, 0.1) is 6.92 Å². The minimum absolute atomic E-state index is 0.176. The molecule has 0 fully saturated rings. The topological polar surface area (TPSA) is 90.6 Å². The van der Waals surface area contributed by atoms with Crippen LogP contribution in [-0.2, 0) is 11.3 Å². The summed E-state index contributed by atoms with van der Waals surface area (Å²) in [5, 5.41) is 13.2. The zero-order chi connectivity index (χ0) is 22.2. The summed E-state index contributed by atoms with van der Waals surface area (Å²) in [7, 11) is 3.18. The average molecular weight is 440 g/mol. The van der Waals surface area contributed by atoms with Crippen molar-refractivity contribution in [2.24, 2.45) is 5.10 Å². The highest BCUT2D eigenvalue weighted by Gasteiger charge is 2.16. The highest BCUT2D eigenvalue weighted by Crippen LogP contribution is 2.32. The minimum atomic E-state index is -0.216. The lowest BCUT2D eigenvalue weighted by atomic mass is 10.2. The Balaban J connectivity index is 1.65. The van der Waals surface area contributed by atoms with Gasteiger partial charge in [0, 0.05) is 12.1 Å². The van der Waals surface area contributed by atoms with Gasteiger partial charge >= 0.3 is 0 Å². The van der Waals surface area contributed by atoms with E-state index in [1.807, 2.05) is 60.9 Å². The molecular weight excluding hydrogens is 414 g/mol. The molecule has 0 aliphatic carbocycles. The van der Waals surface area contributed by atoms with Crippen LogP contribution >= 0.6 is 11.8 Å². The number of nitrogens with zero attached hydrogens (tertiary/aromatic N) is 4. The first-order valence-electron chi connectivity index (χ1n) is 9.72. The van der Waals surface area contributed by atoms with Crippen LogP contribution in [0.4, 0.5) is 0 Å². The highest BCUT2D eigenvalue weighted by atomic mass is 32.2. The van der Waals surface area contributed by atoms with Gasteiger partial charge < -0.3 is 14.0 Å². The normalized spacial score (nSPS) is 11.0. The maximum absolute atomic E-state index is 12.2. The van der Waals surface area contributed by atoms with Crippen LogP contribution in [0.1, 0.15) is 18.1 Å². The first kappa shape index (κ1) is 22.4. The SMILES string of the molecule is CCn1c(SCC(=O)N/N=C\c2cccc(C)c2)nnc1-c1ccc(OC)c(OC)c1. The van der Waals surface area contributed by atoms with E-state index >= 15 is 0 Å². The predicted octanol–water partition coefficient (Wildman–Crippen LogP) is 3.53. The van der Waals surface area contributed by atoms with E-state index < -0.39 is 0 Å². The summed E-state index contributed by atoms with van der Waals surface area (Å²) in [6, 6.07) is 13.5. The van der Waals surface area contributed by atoms with E-state index in [0.29, 0.717) is 29.0 Å². The second kappa shape index (κ2) is 10.6. The van der Waals surface area contributed by atoms with Crippen LogP contribution in [0.2, 0.25) is 0 Å². The van der Waals surface area contributed by atoms with Crippen molar-refractivity contribution in [1.82, 2.24) is 20.2 Å². The van der Waals surface area contributed by atoms with Crippen LogP contribution in [0.25, 0.3) is 11.4 Å². The molecule has 9 heteroatoms. The summed E-state index contributed by atoms with van der Waals surface area (Å²) in [5.41, 5.74) is 5.46. The fourth-order valence-corrected chi connectivity index (χ4v) is 3.76. The number of ether oxygens (including phenoxy) is 2. The Labute approximate surface area is 185 Å². The largest absolute Gasteiger partial charge is 0.493 e. The number of carbonyl (C=O) groups excluding carboxylic acids is 1. The molecule has 3 aromatic rings. The van der Waals surface area contributed by atoms with Crippen molar-refractivity contribution in [3.8, 4) is 22.9 Å². The van der Waals surface area contributed by atoms with Crippen molar-refractivity contribution in [3.05, 3.63) is 53.6 Å². The predicted molar refractivity (Wildman–Crippen MR) is 122 cm³/mol. The number of benzene rings is 2. The number of hydrazone groups is 1. The molecule has 2 aromatic carbocycles. The summed E-state index contributed by atoms with van der Waals surface area (Å²) in [6.07, 6.45) is 1.62. The molecular formula is C22H25N5O3S. The molecule has 3 rings (SSSR count). The van der Waals surface area contributed by atoms with Crippen molar-refractivity contribution in [1.29, 1.82) is 0 Å². The van der Waals surface area contributed by atoms with Crippen LogP contribution in [0.5, 0.6) is 11.5 Å². The van der Waals surface area contributed by atoms with E-state index in [0.717, 1.165) is 16.7 Å². The quantitative estimate of drug-likeness (QED) is 0.312. The third kappa shape index (κ3) is 5.64. The van der Waals surface area contributed by atoms with Gasteiger partial charge in [-0.25, -0.2) is 5.43 Å². The summed E-state index contributed by atoms with van der Waals surface area (Å²) in [5.74, 6) is 1.92. The molecule has 0 bridgehead atoms. The Kier molecular flexibility index (Phi) is 7.66.